The summed E-state index contributed by atoms with van der Waals surface area (Å²) in [5.41, 5.74) is 1.37. The van der Waals surface area contributed by atoms with Gasteiger partial charge >= 0.3 is 0 Å². The molecule has 0 amide bonds. The Morgan fingerprint density at radius 3 is 2.61 bits per heavy atom. The SMILES string of the molecule is BrCCOC1CCN(Cc2ccccc2Br)CC1. The van der Waals surface area contributed by atoms with Crippen LogP contribution in [0.5, 0.6) is 0 Å². The molecule has 0 N–H and O–H groups in total. The molecule has 2 nitrogen and oxygen atoms in total. The lowest BCUT2D eigenvalue weighted by atomic mass is 10.1. The van der Waals surface area contributed by atoms with E-state index in [0.717, 1.165) is 44.4 Å². The minimum absolute atomic E-state index is 0.456. The Morgan fingerprint density at radius 2 is 1.94 bits per heavy atom. The molecule has 2 rings (SSSR count). The Bertz CT molecular complexity index is 365. The molecule has 0 bridgehead atoms. The molecule has 1 saturated heterocycles. The maximum Gasteiger partial charge on any atom is 0.0599 e. The van der Waals surface area contributed by atoms with Gasteiger partial charge in [-0.1, -0.05) is 50.1 Å². The number of hydrogen-bond acceptors (Lipinski definition) is 2. The van der Waals surface area contributed by atoms with E-state index in [1.165, 1.54) is 10.0 Å². The summed E-state index contributed by atoms with van der Waals surface area (Å²) >= 11 is 7.01. The molecular weight excluding hydrogens is 358 g/mol. The Balaban J connectivity index is 1.78. The van der Waals surface area contributed by atoms with Crippen LogP contribution in [0.2, 0.25) is 0 Å². The molecule has 0 spiro atoms. The molecular formula is C14H19Br2NO. The summed E-state index contributed by atoms with van der Waals surface area (Å²) in [6, 6.07) is 8.47. The fourth-order valence-electron chi connectivity index (χ4n) is 2.31. The van der Waals surface area contributed by atoms with Gasteiger partial charge in [0, 0.05) is 29.4 Å². The summed E-state index contributed by atoms with van der Waals surface area (Å²) in [4.78, 5) is 2.51. The average Bonchev–Trinajstić information content (AvgIpc) is 2.41. The number of halogens is 2. The fraction of sp³-hybridized carbons (Fsp3) is 0.571. The highest BCUT2D eigenvalue weighted by atomic mass is 79.9. The quantitative estimate of drug-likeness (QED) is 0.724. The van der Waals surface area contributed by atoms with Crippen LogP contribution in [0, 0.1) is 0 Å². The highest BCUT2D eigenvalue weighted by molar-refractivity contribution is 9.10. The minimum Gasteiger partial charge on any atom is -0.377 e. The highest BCUT2D eigenvalue weighted by Crippen LogP contribution is 2.21. The zero-order valence-corrected chi connectivity index (χ0v) is 13.6. The van der Waals surface area contributed by atoms with E-state index < -0.39 is 0 Å². The van der Waals surface area contributed by atoms with E-state index in [1.807, 2.05) is 0 Å². The number of rotatable bonds is 5. The molecule has 0 aromatic heterocycles. The van der Waals surface area contributed by atoms with Gasteiger partial charge in [-0.15, -0.1) is 0 Å². The van der Waals surface area contributed by atoms with E-state index in [4.69, 9.17) is 4.74 Å². The second-order valence-corrected chi connectivity index (χ2v) is 6.27. The van der Waals surface area contributed by atoms with Crippen molar-refractivity contribution >= 4 is 31.9 Å². The zero-order valence-electron chi connectivity index (χ0n) is 10.4. The Hall–Kier alpha value is 0.100. The second-order valence-electron chi connectivity index (χ2n) is 4.63. The van der Waals surface area contributed by atoms with Gasteiger partial charge < -0.3 is 4.74 Å². The first kappa shape index (κ1) is 14.5. The number of ether oxygens (including phenoxy) is 1. The number of nitrogens with zero attached hydrogens (tertiary/aromatic N) is 1. The molecule has 0 saturated carbocycles. The van der Waals surface area contributed by atoms with Gasteiger partial charge in [0.1, 0.15) is 0 Å². The van der Waals surface area contributed by atoms with Crippen molar-refractivity contribution < 1.29 is 4.74 Å². The van der Waals surface area contributed by atoms with Crippen molar-refractivity contribution in [2.24, 2.45) is 0 Å². The van der Waals surface area contributed by atoms with E-state index in [2.05, 4.69) is 61.0 Å². The van der Waals surface area contributed by atoms with Crippen LogP contribution in [0.4, 0.5) is 0 Å². The van der Waals surface area contributed by atoms with E-state index in [-0.39, 0.29) is 0 Å². The zero-order chi connectivity index (χ0) is 12.8. The predicted molar refractivity (Wildman–Crippen MR) is 82.2 cm³/mol. The molecule has 0 unspecified atom stereocenters. The van der Waals surface area contributed by atoms with Crippen LogP contribution < -0.4 is 0 Å². The summed E-state index contributed by atoms with van der Waals surface area (Å²) in [7, 11) is 0. The van der Waals surface area contributed by atoms with Crippen LogP contribution >= 0.6 is 31.9 Å². The molecule has 100 valence electrons. The molecule has 0 aliphatic carbocycles. The van der Waals surface area contributed by atoms with Crippen LogP contribution in [0.1, 0.15) is 18.4 Å². The molecule has 18 heavy (non-hydrogen) atoms. The molecule has 1 aliphatic heterocycles. The van der Waals surface area contributed by atoms with Crippen molar-refractivity contribution in [1.29, 1.82) is 0 Å². The normalized spacial score (nSPS) is 18.1. The van der Waals surface area contributed by atoms with Crippen molar-refractivity contribution in [2.45, 2.75) is 25.5 Å². The summed E-state index contributed by atoms with van der Waals surface area (Å²) in [5, 5.41) is 0.935. The van der Waals surface area contributed by atoms with Gasteiger partial charge in [0.25, 0.3) is 0 Å². The van der Waals surface area contributed by atoms with Gasteiger partial charge in [0.15, 0.2) is 0 Å². The van der Waals surface area contributed by atoms with Crippen LogP contribution in [0.3, 0.4) is 0 Å². The Kier molecular flexibility index (Phi) is 6.15. The third-order valence-corrected chi connectivity index (χ3v) is 4.41. The number of hydrogen-bond donors (Lipinski definition) is 0. The molecule has 1 aromatic rings. The van der Waals surface area contributed by atoms with E-state index in [9.17, 15) is 0 Å². The monoisotopic (exact) mass is 375 g/mol. The second kappa shape index (κ2) is 7.63. The molecule has 1 aliphatic rings. The number of likely N-dealkylation sites (tertiary alicyclic amines) is 1. The summed E-state index contributed by atoms with van der Waals surface area (Å²) in [6.07, 6.45) is 2.76. The fourth-order valence-corrected chi connectivity index (χ4v) is 2.91. The molecule has 0 radical (unpaired) electrons. The highest BCUT2D eigenvalue weighted by Gasteiger charge is 2.19. The lowest BCUT2D eigenvalue weighted by molar-refractivity contribution is 0.0141. The van der Waals surface area contributed by atoms with Gasteiger partial charge in [-0.3, -0.25) is 4.90 Å². The van der Waals surface area contributed by atoms with E-state index in [1.54, 1.807) is 0 Å². The van der Waals surface area contributed by atoms with E-state index in [0.29, 0.717) is 6.10 Å². The van der Waals surface area contributed by atoms with Gasteiger partial charge in [-0.25, -0.2) is 0 Å². The molecule has 4 heteroatoms. The van der Waals surface area contributed by atoms with Crippen LogP contribution in [-0.2, 0) is 11.3 Å². The maximum absolute atomic E-state index is 5.77. The average molecular weight is 377 g/mol. The van der Waals surface area contributed by atoms with Crippen LogP contribution in [-0.4, -0.2) is 36.0 Å². The van der Waals surface area contributed by atoms with Crippen molar-refractivity contribution in [3.05, 3.63) is 34.3 Å². The van der Waals surface area contributed by atoms with Crippen molar-refractivity contribution in [3.8, 4) is 0 Å². The summed E-state index contributed by atoms with van der Waals surface area (Å²) in [5.74, 6) is 0. The van der Waals surface area contributed by atoms with Crippen LogP contribution in [0.15, 0.2) is 28.7 Å². The van der Waals surface area contributed by atoms with Gasteiger partial charge in [0.05, 0.1) is 12.7 Å². The predicted octanol–water partition coefficient (Wildman–Crippen LogP) is 3.83. The lowest BCUT2D eigenvalue weighted by Crippen LogP contribution is -2.36. The smallest absolute Gasteiger partial charge is 0.0599 e. The lowest BCUT2D eigenvalue weighted by Gasteiger charge is -2.32. The Morgan fingerprint density at radius 1 is 1.22 bits per heavy atom. The molecule has 1 aromatic carbocycles. The molecule has 1 heterocycles. The van der Waals surface area contributed by atoms with Crippen molar-refractivity contribution in [1.82, 2.24) is 4.90 Å². The minimum atomic E-state index is 0.456. The first-order valence-corrected chi connectivity index (χ1v) is 8.34. The number of alkyl halides is 1. The summed E-state index contributed by atoms with van der Waals surface area (Å²) < 4.78 is 6.98. The third-order valence-electron chi connectivity index (χ3n) is 3.32. The first-order chi connectivity index (χ1) is 8.79. The van der Waals surface area contributed by atoms with Crippen molar-refractivity contribution in [3.63, 3.8) is 0 Å². The first-order valence-electron chi connectivity index (χ1n) is 6.43. The standard InChI is InChI=1S/C14H19Br2NO/c15-7-10-18-13-5-8-17(9-6-13)11-12-3-1-2-4-14(12)16/h1-4,13H,5-11H2. The summed E-state index contributed by atoms with van der Waals surface area (Å²) in [6.45, 7) is 4.13. The van der Waals surface area contributed by atoms with Crippen molar-refractivity contribution in [2.75, 3.05) is 25.0 Å². The largest absolute Gasteiger partial charge is 0.377 e. The molecule has 0 atom stereocenters. The van der Waals surface area contributed by atoms with Gasteiger partial charge in [-0.2, -0.15) is 0 Å². The number of benzene rings is 1. The Labute approximate surface area is 126 Å². The third kappa shape index (κ3) is 4.34. The molecule has 1 fully saturated rings. The maximum atomic E-state index is 5.77. The topological polar surface area (TPSA) is 12.5 Å². The van der Waals surface area contributed by atoms with E-state index >= 15 is 0 Å². The van der Waals surface area contributed by atoms with Crippen LogP contribution in [0.25, 0.3) is 0 Å². The number of piperidine rings is 1. The van der Waals surface area contributed by atoms with Gasteiger partial charge in [-0.05, 0) is 24.5 Å². The van der Waals surface area contributed by atoms with Gasteiger partial charge in [0.2, 0.25) is 0 Å².